The number of hydrogen-bond donors (Lipinski definition) is 2. The highest BCUT2D eigenvalue weighted by Crippen LogP contribution is 2.23. The van der Waals surface area contributed by atoms with Crippen molar-refractivity contribution >= 4 is 62.2 Å². The number of aryl methyl sites for hydroxylation is 1. The van der Waals surface area contributed by atoms with E-state index in [4.69, 9.17) is 4.74 Å². The fraction of sp³-hybridized carbons (Fsp3) is 0.188. The lowest BCUT2D eigenvalue weighted by molar-refractivity contribution is -0.144. The highest BCUT2D eigenvalue weighted by Gasteiger charge is 2.13. The molecule has 0 unspecified atom stereocenters. The van der Waals surface area contributed by atoms with E-state index >= 15 is 0 Å². The number of carbonyl (C=O) groups is 2. The van der Waals surface area contributed by atoms with E-state index in [0.717, 1.165) is 27.7 Å². The van der Waals surface area contributed by atoms with E-state index < -0.39 is 18.5 Å². The summed E-state index contributed by atoms with van der Waals surface area (Å²) in [6.45, 7) is 1.37. The molecular formula is C16H13N7O3S2. The topological polar surface area (TPSA) is 136 Å². The second-order valence-corrected chi connectivity index (χ2v) is 7.71. The zero-order valence-corrected chi connectivity index (χ0v) is 16.1. The van der Waals surface area contributed by atoms with E-state index in [1.54, 1.807) is 6.92 Å². The van der Waals surface area contributed by atoms with E-state index in [0.29, 0.717) is 21.5 Å². The lowest BCUT2D eigenvalue weighted by Crippen LogP contribution is -2.21. The third-order valence-electron chi connectivity index (χ3n) is 3.56. The van der Waals surface area contributed by atoms with Gasteiger partial charge in [0.15, 0.2) is 12.3 Å². The molecule has 10 nitrogen and oxygen atoms in total. The first-order valence-corrected chi connectivity index (χ1v) is 9.88. The predicted molar refractivity (Wildman–Crippen MR) is 104 cm³/mol. The van der Waals surface area contributed by atoms with Gasteiger partial charge in [-0.25, -0.2) is 4.98 Å². The molecular weight excluding hydrogens is 402 g/mol. The zero-order chi connectivity index (χ0) is 19.5. The number of carbonyl (C=O) groups excluding carboxylic acids is 2. The number of anilines is 1. The first kappa shape index (κ1) is 18.3. The maximum Gasteiger partial charge on any atom is 0.316 e. The van der Waals surface area contributed by atoms with Crippen molar-refractivity contribution in [1.29, 1.82) is 0 Å². The summed E-state index contributed by atoms with van der Waals surface area (Å²) in [6.07, 6.45) is 0. The summed E-state index contributed by atoms with van der Waals surface area (Å²) in [6, 6.07) is 7.69. The largest absolute Gasteiger partial charge is 0.455 e. The van der Waals surface area contributed by atoms with E-state index in [1.807, 2.05) is 24.3 Å². The van der Waals surface area contributed by atoms with Crippen molar-refractivity contribution in [2.24, 2.45) is 0 Å². The zero-order valence-electron chi connectivity index (χ0n) is 14.5. The van der Waals surface area contributed by atoms with E-state index in [9.17, 15) is 9.59 Å². The van der Waals surface area contributed by atoms with Gasteiger partial charge in [-0.1, -0.05) is 41.3 Å². The number of aromatic amines is 1. The Hall–Kier alpha value is -3.12. The number of nitrogens with zero attached hydrogens (tertiary/aromatic N) is 5. The minimum absolute atomic E-state index is 0.0430. The third-order valence-corrected chi connectivity index (χ3v) is 5.12. The smallest absolute Gasteiger partial charge is 0.316 e. The van der Waals surface area contributed by atoms with Gasteiger partial charge >= 0.3 is 5.97 Å². The fourth-order valence-corrected chi connectivity index (χ4v) is 3.57. The molecule has 0 atom stereocenters. The molecule has 28 heavy (non-hydrogen) atoms. The van der Waals surface area contributed by atoms with Gasteiger partial charge in [0.2, 0.25) is 10.3 Å². The number of ether oxygens (including phenoxy) is 1. The van der Waals surface area contributed by atoms with Crippen LogP contribution in [-0.4, -0.2) is 54.6 Å². The van der Waals surface area contributed by atoms with Crippen LogP contribution in [-0.2, 0) is 14.3 Å². The number of rotatable bonds is 6. The monoisotopic (exact) mass is 415 g/mol. The van der Waals surface area contributed by atoms with Gasteiger partial charge in [0.25, 0.3) is 5.91 Å². The molecule has 0 radical (unpaired) electrons. The van der Waals surface area contributed by atoms with Crippen molar-refractivity contribution in [3.8, 4) is 0 Å². The average Bonchev–Trinajstić information content (AvgIpc) is 3.27. The summed E-state index contributed by atoms with van der Waals surface area (Å²) in [7, 11) is 0. The molecule has 4 rings (SSSR count). The Balaban J connectivity index is 1.30. The first-order chi connectivity index (χ1) is 13.6. The fourth-order valence-electron chi connectivity index (χ4n) is 2.38. The number of benzene rings is 1. The Morgan fingerprint density at radius 3 is 2.89 bits per heavy atom. The van der Waals surface area contributed by atoms with Gasteiger partial charge in [0.1, 0.15) is 10.5 Å². The van der Waals surface area contributed by atoms with E-state index in [-0.39, 0.29) is 5.75 Å². The molecule has 12 heteroatoms. The molecule has 3 aromatic heterocycles. The molecule has 0 spiro atoms. The molecule has 4 aromatic rings. The lowest BCUT2D eigenvalue weighted by atomic mass is 10.2. The van der Waals surface area contributed by atoms with Crippen LogP contribution in [0.4, 0.5) is 5.13 Å². The van der Waals surface area contributed by atoms with Crippen LogP contribution in [0.15, 0.2) is 29.4 Å². The minimum atomic E-state index is -0.561. The van der Waals surface area contributed by atoms with Gasteiger partial charge in [0, 0.05) is 10.9 Å². The van der Waals surface area contributed by atoms with Gasteiger partial charge in [-0.3, -0.25) is 14.9 Å². The third kappa shape index (κ3) is 4.07. The molecule has 0 saturated heterocycles. The number of H-pyrrole nitrogens is 1. The summed E-state index contributed by atoms with van der Waals surface area (Å²) in [5.74, 6) is -1.08. The first-order valence-electron chi connectivity index (χ1n) is 8.08. The van der Waals surface area contributed by atoms with Gasteiger partial charge < -0.3 is 9.72 Å². The summed E-state index contributed by atoms with van der Waals surface area (Å²) in [4.78, 5) is 31.1. The number of esters is 1. The number of fused-ring (bicyclic) bond motifs is 3. The Bertz CT molecular complexity index is 1170. The quantitative estimate of drug-likeness (QED) is 0.357. The molecule has 0 saturated carbocycles. The van der Waals surface area contributed by atoms with Gasteiger partial charge in [-0.15, -0.1) is 20.4 Å². The number of amides is 1. The molecule has 142 valence electrons. The van der Waals surface area contributed by atoms with Crippen LogP contribution in [0.1, 0.15) is 5.01 Å². The van der Waals surface area contributed by atoms with Crippen molar-refractivity contribution in [3.63, 3.8) is 0 Å². The Kier molecular flexibility index (Phi) is 5.12. The Morgan fingerprint density at radius 1 is 1.21 bits per heavy atom. The van der Waals surface area contributed by atoms with Crippen LogP contribution >= 0.6 is 23.1 Å². The van der Waals surface area contributed by atoms with Crippen LogP contribution in [0, 0.1) is 6.92 Å². The number of thioether (sulfide) groups is 1. The maximum absolute atomic E-state index is 11.8. The van der Waals surface area contributed by atoms with Crippen molar-refractivity contribution in [1.82, 2.24) is 30.4 Å². The molecule has 1 amide bonds. The maximum atomic E-state index is 11.8. The van der Waals surface area contributed by atoms with Crippen LogP contribution in [0.2, 0.25) is 0 Å². The predicted octanol–water partition coefficient (Wildman–Crippen LogP) is 1.94. The number of para-hydroxylation sites is 1. The normalized spacial score (nSPS) is 11.0. The van der Waals surface area contributed by atoms with E-state index in [2.05, 4.69) is 35.7 Å². The van der Waals surface area contributed by atoms with Gasteiger partial charge in [0.05, 0.1) is 5.75 Å². The molecule has 0 fully saturated rings. The van der Waals surface area contributed by atoms with Crippen molar-refractivity contribution in [2.75, 3.05) is 17.7 Å². The Labute approximate surface area is 166 Å². The number of nitrogens with one attached hydrogen (secondary N) is 2. The molecule has 0 aliphatic heterocycles. The lowest BCUT2D eigenvalue weighted by Gasteiger charge is -2.03. The molecule has 3 heterocycles. The van der Waals surface area contributed by atoms with Crippen LogP contribution < -0.4 is 5.32 Å². The summed E-state index contributed by atoms with van der Waals surface area (Å²) in [5, 5.41) is 20.6. The highest BCUT2D eigenvalue weighted by molar-refractivity contribution is 7.99. The van der Waals surface area contributed by atoms with Gasteiger partial charge in [-0.2, -0.15) is 0 Å². The number of hydrogen-bond acceptors (Lipinski definition) is 10. The molecule has 0 aliphatic rings. The van der Waals surface area contributed by atoms with Crippen LogP contribution in [0.25, 0.3) is 22.1 Å². The molecule has 1 aromatic carbocycles. The average molecular weight is 415 g/mol. The minimum Gasteiger partial charge on any atom is -0.455 e. The van der Waals surface area contributed by atoms with Crippen molar-refractivity contribution in [3.05, 3.63) is 29.3 Å². The SMILES string of the molecule is Cc1nnc(NC(=O)COC(=O)CSc2nnc3c(n2)[nH]c2ccccc23)s1. The Morgan fingerprint density at radius 2 is 2.07 bits per heavy atom. The second kappa shape index (κ2) is 7.86. The van der Waals surface area contributed by atoms with Gasteiger partial charge in [-0.05, 0) is 13.0 Å². The van der Waals surface area contributed by atoms with Crippen LogP contribution in [0.3, 0.4) is 0 Å². The summed E-state index contributed by atoms with van der Waals surface area (Å²) >= 11 is 2.32. The standard InChI is InChI=1S/C16H13N7O3S2/c1-8-20-23-16(28-8)18-11(24)6-26-12(25)7-27-15-19-14-13(21-22-15)9-4-2-3-5-10(9)17-14/h2-5H,6-7H2,1H3,(H,17,19,22)(H,18,23,24). The molecule has 0 bridgehead atoms. The molecule has 0 aliphatic carbocycles. The van der Waals surface area contributed by atoms with E-state index in [1.165, 1.54) is 11.3 Å². The summed E-state index contributed by atoms with van der Waals surface area (Å²) in [5.41, 5.74) is 2.18. The molecule has 2 N–H and O–H groups in total. The highest BCUT2D eigenvalue weighted by atomic mass is 32.2. The second-order valence-electron chi connectivity index (χ2n) is 5.59. The van der Waals surface area contributed by atoms with Crippen molar-refractivity contribution in [2.45, 2.75) is 12.1 Å². The van der Waals surface area contributed by atoms with Crippen molar-refractivity contribution < 1.29 is 14.3 Å². The van der Waals surface area contributed by atoms with Crippen LogP contribution in [0.5, 0.6) is 0 Å². The number of aromatic nitrogens is 6. The summed E-state index contributed by atoms with van der Waals surface area (Å²) < 4.78 is 4.94.